The van der Waals surface area contributed by atoms with Gasteiger partial charge in [0.1, 0.15) is 5.75 Å². The number of nitrogens with zero attached hydrogens (tertiary/aromatic N) is 2. The second-order valence-corrected chi connectivity index (χ2v) is 7.07. The predicted molar refractivity (Wildman–Crippen MR) is 91.3 cm³/mol. The molecule has 0 spiro atoms. The van der Waals surface area contributed by atoms with Crippen LogP contribution in [0, 0.1) is 5.92 Å². The standard InChI is InChI=1S/C19H30N2O/c1-16-3-7-18(8-4-16)21-13-11-20(12-14-21)15-17-5-9-19(22-2)10-6-17/h5-6,9-10,16,18H,3-4,7-8,11-15H2,1-2H3. The predicted octanol–water partition coefficient (Wildman–Crippen LogP) is 3.39. The highest BCUT2D eigenvalue weighted by Crippen LogP contribution is 2.27. The second-order valence-electron chi connectivity index (χ2n) is 7.07. The first kappa shape index (κ1) is 15.8. The molecule has 1 aromatic carbocycles. The lowest BCUT2D eigenvalue weighted by molar-refractivity contribution is 0.0689. The Balaban J connectivity index is 1.45. The SMILES string of the molecule is COc1ccc(CN2CCN(C3CCC(C)CC3)CC2)cc1. The average molecular weight is 302 g/mol. The number of hydrogen-bond acceptors (Lipinski definition) is 3. The third-order valence-electron chi connectivity index (χ3n) is 5.47. The van der Waals surface area contributed by atoms with Crippen molar-refractivity contribution in [1.82, 2.24) is 9.80 Å². The maximum absolute atomic E-state index is 5.23. The van der Waals surface area contributed by atoms with E-state index in [1.165, 1.54) is 57.4 Å². The molecule has 1 heterocycles. The summed E-state index contributed by atoms with van der Waals surface area (Å²) < 4.78 is 5.23. The Labute approximate surface area is 135 Å². The Morgan fingerprint density at radius 2 is 1.59 bits per heavy atom. The van der Waals surface area contributed by atoms with Gasteiger partial charge in [-0.1, -0.05) is 19.1 Å². The van der Waals surface area contributed by atoms with Gasteiger partial charge in [-0.3, -0.25) is 9.80 Å². The van der Waals surface area contributed by atoms with E-state index in [2.05, 4.69) is 41.0 Å². The molecule has 122 valence electrons. The molecule has 3 nitrogen and oxygen atoms in total. The molecule has 0 bridgehead atoms. The summed E-state index contributed by atoms with van der Waals surface area (Å²) in [5.74, 6) is 1.90. The second kappa shape index (κ2) is 7.47. The quantitative estimate of drug-likeness (QED) is 0.848. The highest BCUT2D eigenvalue weighted by Gasteiger charge is 2.26. The van der Waals surface area contributed by atoms with Gasteiger partial charge in [0.2, 0.25) is 0 Å². The Hall–Kier alpha value is -1.06. The van der Waals surface area contributed by atoms with E-state index in [1.54, 1.807) is 7.11 Å². The molecule has 0 radical (unpaired) electrons. The van der Waals surface area contributed by atoms with Crippen molar-refractivity contribution in [1.29, 1.82) is 0 Å². The molecule has 1 aliphatic heterocycles. The number of hydrogen-bond donors (Lipinski definition) is 0. The van der Waals surface area contributed by atoms with E-state index >= 15 is 0 Å². The fourth-order valence-electron chi connectivity index (χ4n) is 3.88. The highest BCUT2D eigenvalue weighted by atomic mass is 16.5. The van der Waals surface area contributed by atoms with Gasteiger partial charge in [0.25, 0.3) is 0 Å². The smallest absolute Gasteiger partial charge is 0.118 e. The van der Waals surface area contributed by atoms with E-state index in [1.807, 2.05) is 0 Å². The van der Waals surface area contributed by atoms with Crippen LogP contribution in [0.25, 0.3) is 0 Å². The molecule has 0 atom stereocenters. The molecule has 0 N–H and O–H groups in total. The minimum absolute atomic E-state index is 0.860. The van der Waals surface area contributed by atoms with E-state index in [-0.39, 0.29) is 0 Å². The first-order valence-electron chi connectivity index (χ1n) is 8.84. The maximum Gasteiger partial charge on any atom is 0.118 e. The number of rotatable bonds is 4. The van der Waals surface area contributed by atoms with E-state index in [0.29, 0.717) is 0 Å². The molecule has 2 aliphatic rings. The van der Waals surface area contributed by atoms with Crippen LogP contribution >= 0.6 is 0 Å². The number of piperazine rings is 1. The van der Waals surface area contributed by atoms with E-state index in [0.717, 1.165) is 24.3 Å². The highest BCUT2D eigenvalue weighted by molar-refractivity contribution is 5.27. The van der Waals surface area contributed by atoms with Gasteiger partial charge in [-0.05, 0) is 49.3 Å². The van der Waals surface area contributed by atoms with Gasteiger partial charge in [-0.15, -0.1) is 0 Å². The summed E-state index contributed by atoms with van der Waals surface area (Å²) in [6.07, 6.45) is 5.69. The lowest BCUT2D eigenvalue weighted by atomic mass is 9.86. The van der Waals surface area contributed by atoms with Crippen LogP contribution in [-0.4, -0.2) is 49.1 Å². The zero-order valence-corrected chi connectivity index (χ0v) is 14.1. The zero-order valence-electron chi connectivity index (χ0n) is 14.1. The summed E-state index contributed by atoms with van der Waals surface area (Å²) in [5, 5.41) is 0. The van der Waals surface area contributed by atoms with Crippen molar-refractivity contribution >= 4 is 0 Å². The topological polar surface area (TPSA) is 15.7 Å². The average Bonchev–Trinajstić information content (AvgIpc) is 2.57. The van der Waals surface area contributed by atoms with Crippen LogP contribution in [0.1, 0.15) is 38.2 Å². The molecule has 0 unspecified atom stereocenters. The van der Waals surface area contributed by atoms with Gasteiger partial charge in [-0.2, -0.15) is 0 Å². The number of methoxy groups -OCH3 is 1. The minimum atomic E-state index is 0.860. The monoisotopic (exact) mass is 302 g/mol. The third-order valence-corrected chi connectivity index (χ3v) is 5.47. The van der Waals surface area contributed by atoms with Crippen LogP contribution in [0.2, 0.25) is 0 Å². The van der Waals surface area contributed by atoms with Crippen molar-refractivity contribution in [3.63, 3.8) is 0 Å². The van der Waals surface area contributed by atoms with Gasteiger partial charge in [0.15, 0.2) is 0 Å². The summed E-state index contributed by atoms with van der Waals surface area (Å²) in [4.78, 5) is 5.33. The molecular weight excluding hydrogens is 272 g/mol. The normalized spacial score (nSPS) is 27.7. The van der Waals surface area contributed by atoms with Crippen LogP contribution < -0.4 is 4.74 Å². The fraction of sp³-hybridized carbons (Fsp3) is 0.684. The third kappa shape index (κ3) is 4.02. The van der Waals surface area contributed by atoms with Gasteiger partial charge in [0.05, 0.1) is 7.11 Å². The molecule has 2 fully saturated rings. The van der Waals surface area contributed by atoms with E-state index in [4.69, 9.17) is 4.74 Å². The van der Waals surface area contributed by atoms with Crippen LogP contribution in [0.15, 0.2) is 24.3 Å². The molecule has 3 heteroatoms. The van der Waals surface area contributed by atoms with Gasteiger partial charge >= 0.3 is 0 Å². The molecule has 0 aromatic heterocycles. The van der Waals surface area contributed by atoms with Gasteiger partial charge < -0.3 is 4.74 Å². The van der Waals surface area contributed by atoms with E-state index < -0.39 is 0 Å². The van der Waals surface area contributed by atoms with Crippen molar-refractivity contribution in [2.45, 2.75) is 45.2 Å². The number of benzene rings is 1. The molecular formula is C19H30N2O. The summed E-state index contributed by atoms with van der Waals surface area (Å²) in [6, 6.07) is 9.37. The minimum Gasteiger partial charge on any atom is -0.497 e. The van der Waals surface area contributed by atoms with Crippen LogP contribution in [-0.2, 0) is 6.54 Å². The first-order chi connectivity index (χ1) is 10.7. The molecule has 22 heavy (non-hydrogen) atoms. The summed E-state index contributed by atoms with van der Waals surface area (Å²) in [5.41, 5.74) is 1.39. The molecule has 1 saturated carbocycles. The van der Waals surface area contributed by atoms with Gasteiger partial charge in [-0.25, -0.2) is 0 Å². The largest absolute Gasteiger partial charge is 0.497 e. The summed E-state index contributed by atoms with van der Waals surface area (Å²) >= 11 is 0. The molecule has 1 saturated heterocycles. The molecule has 3 rings (SSSR count). The fourth-order valence-corrected chi connectivity index (χ4v) is 3.88. The lowest BCUT2D eigenvalue weighted by Crippen LogP contribution is -2.50. The maximum atomic E-state index is 5.23. The van der Waals surface area contributed by atoms with Gasteiger partial charge in [0, 0.05) is 38.8 Å². The van der Waals surface area contributed by atoms with Crippen molar-refractivity contribution in [2.24, 2.45) is 5.92 Å². The zero-order chi connectivity index (χ0) is 15.4. The Morgan fingerprint density at radius 1 is 0.955 bits per heavy atom. The molecule has 0 amide bonds. The van der Waals surface area contributed by atoms with E-state index in [9.17, 15) is 0 Å². The van der Waals surface area contributed by atoms with Crippen molar-refractivity contribution in [3.8, 4) is 5.75 Å². The van der Waals surface area contributed by atoms with Crippen LogP contribution in [0.5, 0.6) is 5.75 Å². The number of ether oxygens (including phenoxy) is 1. The Bertz CT molecular complexity index is 443. The molecule has 1 aliphatic carbocycles. The molecule has 1 aromatic rings. The Morgan fingerprint density at radius 3 is 2.18 bits per heavy atom. The Kier molecular flexibility index (Phi) is 5.37. The van der Waals surface area contributed by atoms with Crippen molar-refractivity contribution in [2.75, 3.05) is 33.3 Å². The van der Waals surface area contributed by atoms with Crippen molar-refractivity contribution < 1.29 is 4.74 Å². The lowest BCUT2D eigenvalue weighted by Gasteiger charge is -2.41. The van der Waals surface area contributed by atoms with Crippen molar-refractivity contribution in [3.05, 3.63) is 29.8 Å². The van der Waals surface area contributed by atoms with Crippen LogP contribution in [0.4, 0.5) is 0 Å². The summed E-state index contributed by atoms with van der Waals surface area (Å²) in [6.45, 7) is 8.38. The van der Waals surface area contributed by atoms with Crippen LogP contribution in [0.3, 0.4) is 0 Å². The first-order valence-corrected chi connectivity index (χ1v) is 8.84. The summed E-state index contributed by atoms with van der Waals surface area (Å²) in [7, 11) is 1.72.